The summed E-state index contributed by atoms with van der Waals surface area (Å²) >= 11 is 3.04. The van der Waals surface area contributed by atoms with Gasteiger partial charge in [0.25, 0.3) is 0 Å². The zero-order valence-electron chi connectivity index (χ0n) is 15.8. The number of aromatic nitrogens is 2. The predicted molar refractivity (Wildman–Crippen MR) is 107 cm³/mol. The van der Waals surface area contributed by atoms with E-state index in [4.69, 9.17) is 10.7 Å². The average molecular weight is 406 g/mol. The Labute approximate surface area is 166 Å². The third-order valence-electron chi connectivity index (χ3n) is 5.32. The number of urea groups is 1. The highest BCUT2D eigenvalue weighted by Crippen LogP contribution is 2.55. The van der Waals surface area contributed by atoms with Gasteiger partial charge in [0.1, 0.15) is 5.54 Å². The second-order valence-corrected chi connectivity index (χ2v) is 10.1. The van der Waals surface area contributed by atoms with E-state index in [2.05, 4.69) is 31.1 Å². The number of likely N-dealkylation sites (tertiary alicyclic amines) is 1. The van der Waals surface area contributed by atoms with Gasteiger partial charge in [-0.1, -0.05) is 32.1 Å². The molecule has 2 aromatic rings. The number of carbonyl (C=O) groups is 2. The van der Waals surface area contributed by atoms with E-state index >= 15 is 0 Å². The number of nitrogens with two attached hydrogens (primary N) is 1. The molecule has 2 atom stereocenters. The second-order valence-electron chi connectivity index (χ2n) is 8.28. The van der Waals surface area contributed by atoms with E-state index in [9.17, 15) is 9.59 Å². The molecular formula is C18H23N5O2S2. The van der Waals surface area contributed by atoms with Crippen molar-refractivity contribution in [2.75, 3.05) is 11.9 Å². The summed E-state index contributed by atoms with van der Waals surface area (Å²) in [5.41, 5.74) is 6.49. The van der Waals surface area contributed by atoms with Gasteiger partial charge in [-0.3, -0.25) is 10.1 Å². The molecule has 3 N–H and O–H groups in total. The number of piperidine rings is 1. The van der Waals surface area contributed by atoms with Gasteiger partial charge in [-0.2, -0.15) is 0 Å². The number of primary amides is 1. The molecule has 27 heavy (non-hydrogen) atoms. The number of aryl methyl sites for hydroxylation is 1. The topological polar surface area (TPSA) is 101 Å². The van der Waals surface area contributed by atoms with Crippen LogP contribution in [0, 0.1) is 12.8 Å². The minimum absolute atomic E-state index is 0.00179. The smallest absolute Gasteiger partial charge is 0.324 e. The number of hydrogen-bond acceptors (Lipinski definition) is 6. The molecule has 1 saturated carbocycles. The van der Waals surface area contributed by atoms with Crippen LogP contribution in [0.25, 0.3) is 10.6 Å². The fourth-order valence-electron chi connectivity index (χ4n) is 3.76. The van der Waals surface area contributed by atoms with E-state index in [0.717, 1.165) is 27.7 Å². The molecule has 3 heterocycles. The lowest BCUT2D eigenvalue weighted by Crippen LogP contribution is -2.50. The molecule has 2 aromatic heterocycles. The predicted octanol–water partition coefficient (Wildman–Crippen LogP) is 3.35. The van der Waals surface area contributed by atoms with E-state index < -0.39 is 11.4 Å². The van der Waals surface area contributed by atoms with Crippen molar-refractivity contribution in [3.05, 3.63) is 16.1 Å². The molecule has 1 aliphatic carbocycles. The highest BCUT2D eigenvalue weighted by molar-refractivity contribution is 7.19. The van der Waals surface area contributed by atoms with Crippen LogP contribution in [-0.4, -0.2) is 38.9 Å². The van der Waals surface area contributed by atoms with Crippen LogP contribution in [0.5, 0.6) is 0 Å². The fourth-order valence-corrected chi connectivity index (χ4v) is 5.65. The second kappa shape index (κ2) is 6.00. The zero-order valence-corrected chi connectivity index (χ0v) is 17.5. The van der Waals surface area contributed by atoms with Gasteiger partial charge in [-0.15, -0.1) is 11.3 Å². The van der Waals surface area contributed by atoms with Crippen molar-refractivity contribution in [3.63, 3.8) is 0 Å². The number of nitrogens with zero attached hydrogens (tertiary/aromatic N) is 3. The number of hydrogen-bond donors (Lipinski definition) is 2. The van der Waals surface area contributed by atoms with Gasteiger partial charge in [0.2, 0.25) is 5.91 Å². The van der Waals surface area contributed by atoms with Gasteiger partial charge in [0.05, 0.1) is 21.3 Å². The van der Waals surface area contributed by atoms with Crippen LogP contribution in [0.15, 0.2) is 5.38 Å². The summed E-state index contributed by atoms with van der Waals surface area (Å²) in [6.45, 7) is 8.87. The third-order valence-corrected chi connectivity index (χ3v) is 7.68. The van der Waals surface area contributed by atoms with Crippen molar-refractivity contribution in [2.45, 2.75) is 51.5 Å². The molecule has 2 fully saturated rings. The summed E-state index contributed by atoms with van der Waals surface area (Å²) in [6.07, 6.45) is 1.50. The van der Waals surface area contributed by atoms with Crippen LogP contribution in [0.4, 0.5) is 9.93 Å². The molecule has 0 spiro atoms. The summed E-state index contributed by atoms with van der Waals surface area (Å²) in [6, 6.07) is -0.303. The monoisotopic (exact) mass is 405 g/mol. The molecule has 0 unspecified atom stereocenters. The Morgan fingerprint density at radius 3 is 2.70 bits per heavy atom. The summed E-state index contributed by atoms with van der Waals surface area (Å²) in [7, 11) is 0. The largest absolute Gasteiger partial charge is 0.368 e. The molecule has 7 nitrogen and oxygen atoms in total. The first kappa shape index (κ1) is 18.4. The number of anilines is 1. The number of thiazole rings is 2. The van der Waals surface area contributed by atoms with Crippen LogP contribution in [0.2, 0.25) is 0 Å². The number of amides is 3. The van der Waals surface area contributed by atoms with Gasteiger partial charge >= 0.3 is 6.03 Å². The molecular weight excluding hydrogens is 382 g/mol. The number of rotatable bonds is 3. The van der Waals surface area contributed by atoms with E-state index in [1.807, 2.05) is 12.3 Å². The molecule has 2 aliphatic rings. The molecule has 0 bridgehead atoms. The van der Waals surface area contributed by atoms with Gasteiger partial charge in [0.15, 0.2) is 5.13 Å². The van der Waals surface area contributed by atoms with Gasteiger partial charge < -0.3 is 10.6 Å². The Balaban J connectivity index is 1.53. The molecule has 144 valence electrons. The number of nitrogens with one attached hydrogen (secondary N) is 1. The zero-order chi connectivity index (χ0) is 19.6. The summed E-state index contributed by atoms with van der Waals surface area (Å²) in [4.78, 5) is 36.3. The van der Waals surface area contributed by atoms with Gasteiger partial charge in [-0.05, 0) is 25.7 Å². The van der Waals surface area contributed by atoms with Crippen molar-refractivity contribution in [3.8, 4) is 10.6 Å². The van der Waals surface area contributed by atoms with Crippen LogP contribution >= 0.6 is 22.7 Å². The minimum Gasteiger partial charge on any atom is -0.368 e. The first-order valence-electron chi connectivity index (χ1n) is 8.95. The highest BCUT2D eigenvalue weighted by atomic mass is 32.1. The van der Waals surface area contributed by atoms with Crippen LogP contribution in [0.1, 0.15) is 44.3 Å². The summed E-state index contributed by atoms with van der Waals surface area (Å²) in [5.74, 6) is -0.200. The SMILES string of the molecule is Cc1nc(NC(=O)N2CC[C@@H]3C[C@@]32C(N)=O)sc1-c1csc(C(C)(C)C)n1. The standard InChI is InChI=1S/C18H23N5O2S2/c1-9-12(11-8-26-14(21-11)17(2,3)4)27-15(20-9)22-16(25)23-6-5-10-7-18(10,23)13(19)24/h8,10H,5-7H2,1-4H3,(H2,19,24)(H,20,22,25)/t10-,18+/m1/s1. The molecule has 1 saturated heterocycles. The van der Waals surface area contributed by atoms with Crippen LogP contribution in [0.3, 0.4) is 0 Å². The van der Waals surface area contributed by atoms with E-state index in [1.54, 1.807) is 16.2 Å². The first-order valence-corrected chi connectivity index (χ1v) is 10.6. The van der Waals surface area contributed by atoms with Gasteiger partial charge in [-0.25, -0.2) is 14.8 Å². The Morgan fingerprint density at radius 2 is 2.11 bits per heavy atom. The molecule has 9 heteroatoms. The third kappa shape index (κ3) is 2.93. The molecule has 0 aromatic carbocycles. The quantitative estimate of drug-likeness (QED) is 0.817. The van der Waals surface area contributed by atoms with Gasteiger partial charge in [0, 0.05) is 17.3 Å². The highest BCUT2D eigenvalue weighted by Gasteiger charge is 2.67. The Bertz CT molecular complexity index is 929. The number of fused-ring (bicyclic) bond motifs is 1. The van der Waals surface area contributed by atoms with Crippen molar-refractivity contribution in [1.29, 1.82) is 0 Å². The maximum atomic E-state index is 12.7. The Kier molecular flexibility index (Phi) is 4.08. The van der Waals surface area contributed by atoms with Crippen molar-refractivity contribution < 1.29 is 9.59 Å². The maximum Gasteiger partial charge on any atom is 0.324 e. The van der Waals surface area contributed by atoms with Crippen LogP contribution < -0.4 is 11.1 Å². The molecule has 4 rings (SSSR count). The number of carbonyl (C=O) groups excluding carboxylic acids is 2. The molecule has 3 amide bonds. The lowest BCUT2D eigenvalue weighted by Gasteiger charge is -2.25. The van der Waals surface area contributed by atoms with E-state index in [-0.39, 0.29) is 17.4 Å². The van der Waals surface area contributed by atoms with Crippen molar-refractivity contribution in [1.82, 2.24) is 14.9 Å². The lowest BCUT2D eigenvalue weighted by molar-refractivity contribution is -0.123. The maximum absolute atomic E-state index is 12.7. The van der Waals surface area contributed by atoms with E-state index in [1.165, 1.54) is 11.3 Å². The first-order chi connectivity index (χ1) is 12.6. The normalized spacial score (nSPS) is 24.0. The average Bonchev–Trinajstić information content (AvgIpc) is 2.95. The Morgan fingerprint density at radius 1 is 1.37 bits per heavy atom. The van der Waals surface area contributed by atoms with Crippen LogP contribution in [-0.2, 0) is 10.2 Å². The molecule has 0 radical (unpaired) electrons. The van der Waals surface area contributed by atoms with E-state index in [0.29, 0.717) is 18.1 Å². The lowest BCUT2D eigenvalue weighted by atomic mass is 9.98. The fraction of sp³-hybridized carbons (Fsp3) is 0.556. The summed E-state index contributed by atoms with van der Waals surface area (Å²) in [5, 5.41) is 6.46. The van der Waals surface area contributed by atoms with Crippen molar-refractivity contribution in [2.24, 2.45) is 11.7 Å². The Hall–Kier alpha value is -2.00. The summed E-state index contributed by atoms with van der Waals surface area (Å²) < 4.78 is 0. The minimum atomic E-state index is -0.782. The molecule has 1 aliphatic heterocycles. The van der Waals surface area contributed by atoms with Crippen molar-refractivity contribution >= 4 is 39.7 Å².